The van der Waals surface area contributed by atoms with Crippen LogP contribution in [-0.2, 0) is 11.3 Å². The van der Waals surface area contributed by atoms with Crippen molar-refractivity contribution in [1.29, 1.82) is 0 Å². The normalized spacial score (nSPS) is 15.8. The Kier molecular flexibility index (Phi) is 5.57. The molecule has 1 aromatic carbocycles. The van der Waals surface area contributed by atoms with Crippen molar-refractivity contribution < 1.29 is 9.90 Å². The van der Waals surface area contributed by atoms with Crippen molar-refractivity contribution in [2.45, 2.75) is 46.3 Å². The lowest BCUT2D eigenvalue weighted by Gasteiger charge is -2.28. The fourth-order valence-electron chi connectivity index (χ4n) is 3.32. The number of hydrogen-bond acceptors (Lipinski definition) is 3. The number of carbonyl (C=O) groups excluding carboxylic acids is 1. The summed E-state index contributed by atoms with van der Waals surface area (Å²) in [7, 11) is 0. The molecule has 5 nitrogen and oxygen atoms in total. The van der Waals surface area contributed by atoms with Gasteiger partial charge in [0.2, 0.25) is 5.91 Å². The van der Waals surface area contributed by atoms with E-state index in [1.807, 2.05) is 24.6 Å². The number of hydrogen-bond donors (Lipinski definition) is 1. The molecule has 0 atom stereocenters. The van der Waals surface area contributed by atoms with Crippen molar-refractivity contribution in [2.24, 2.45) is 0 Å². The minimum atomic E-state index is -0.271. The third-order valence-corrected chi connectivity index (χ3v) is 5.06. The zero-order valence-electron chi connectivity index (χ0n) is 15.8. The summed E-state index contributed by atoms with van der Waals surface area (Å²) in [6, 6.07) is 8.46. The summed E-state index contributed by atoms with van der Waals surface area (Å²) in [5.74, 6) is 0.00184. The third-order valence-electron chi connectivity index (χ3n) is 5.06. The average Bonchev–Trinajstić information content (AvgIpc) is 2.89. The SMILES string of the molecule is Cc1ccc(Cn2nc(C)c(/C=C/C(=O)N3CCC(O)CC3)c2C)cc1. The molecule has 1 saturated heterocycles. The number of piperidine rings is 1. The summed E-state index contributed by atoms with van der Waals surface area (Å²) in [6.45, 7) is 8.05. The number of aromatic nitrogens is 2. The Hall–Kier alpha value is -2.40. The molecule has 1 aromatic heterocycles. The van der Waals surface area contributed by atoms with Crippen LogP contribution in [0.25, 0.3) is 6.08 Å². The van der Waals surface area contributed by atoms with Crippen LogP contribution in [0.5, 0.6) is 0 Å². The van der Waals surface area contributed by atoms with Crippen LogP contribution in [0, 0.1) is 20.8 Å². The second kappa shape index (κ2) is 7.87. The lowest BCUT2D eigenvalue weighted by molar-refractivity contribution is -0.127. The topological polar surface area (TPSA) is 58.4 Å². The second-order valence-corrected chi connectivity index (χ2v) is 7.12. The first kappa shape index (κ1) is 18.4. The molecule has 0 aliphatic carbocycles. The van der Waals surface area contributed by atoms with Gasteiger partial charge >= 0.3 is 0 Å². The highest BCUT2D eigenvalue weighted by atomic mass is 16.3. The monoisotopic (exact) mass is 353 g/mol. The molecule has 26 heavy (non-hydrogen) atoms. The summed E-state index contributed by atoms with van der Waals surface area (Å²) in [5.41, 5.74) is 5.44. The van der Waals surface area contributed by atoms with Gasteiger partial charge in [-0.2, -0.15) is 5.10 Å². The van der Waals surface area contributed by atoms with E-state index >= 15 is 0 Å². The van der Waals surface area contributed by atoms with Gasteiger partial charge in [-0.3, -0.25) is 9.48 Å². The molecule has 0 radical (unpaired) electrons. The Morgan fingerprint density at radius 2 is 1.85 bits per heavy atom. The molecule has 2 aromatic rings. The smallest absolute Gasteiger partial charge is 0.246 e. The summed E-state index contributed by atoms with van der Waals surface area (Å²) in [4.78, 5) is 14.2. The fraction of sp³-hybridized carbons (Fsp3) is 0.429. The number of likely N-dealkylation sites (tertiary alicyclic amines) is 1. The van der Waals surface area contributed by atoms with E-state index in [2.05, 4.69) is 36.3 Å². The van der Waals surface area contributed by atoms with Crippen molar-refractivity contribution in [2.75, 3.05) is 13.1 Å². The van der Waals surface area contributed by atoms with E-state index in [0.717, 1.165) is 23.5 Å². The summed E-state index contributed by atoms with van der Waals surface area (Å²) in [5, 5.41) is 14.2. The van der Waals surface area contributed by atoms with Gasteiger partial charge < -0.3 is 10.0 Å². The maximum absolute atomic E-state index is 12.4. The Balaban J connectivity index is 1.71. The third kappa shape index (κ3) is 4.22. The zero-order chi connectivity index (χ0) is 18.7. The molecule has 138 valence electrons. The molecule has 5 heteroatoms. The number of aryl methyl sites for hydroxylation is 2. The van der Waals surface area contributed by atoms with Crippen LogP contribution >= 0.6 is 0 Å². The first-order valence-corrected chi connectivity index (χ1v) is 9.18. The highest BCUT2D eigenvalue weighted by molar-refractivity contribution is 5.92. The average molecular weight is 353 g/mol. The maximum Gasteiger partial charge on any atom is 0.246 e. The van der Waals surface area contributed by atoms with E-state index in [9.17, 15) is 9.90 Å². The zero-order valence-corrected chi connectivity index (χ0v) is 15.8. The Morgan fingerprint density at radius 3 is 2.50 bits per heavy atom. The van der Waals surface area contributed by atoms with Crippen LogP contribution in [-0.4, -0.2) is 44.9 Å². The molecule has 0 saturated carbocycles. The van der Waals surface area contributed by atoms with Crippen molar-refractivity contribution in [3.05, 3.63) is 58.4 Å². The molecular formula is C21H27N3O2. The van der Waals surface area contributed by atoms with Gasteiger partial charge in [0, 0.05) is 30.4 Å². The van der Waals surface area contributed by atoms with Gasteiger partial charge in [0.05, 0.1) is 18.3 Å². The van der Waals surface area contributed by atoms with Crippen LogP contribution in [0.15, 0.2) is 30.3 Å². The van der Waals surface area contributed by atoms with Gasteiger partial charge in [-0.25, -0.2) is 0 Å². The molecular weight excluding hydrogens is 326 g/mol. The highest BCUT2D eigenvalue weighted by Crippen LogP contribution is 2.17. The fourth-order valence-corrected chi connectivity index (χ4v) is 3.32. The van der Waals surface area contributed by atoms with E-state index in [0.29, 0.717) is 25.9 Å². The van der Waals surface area contributed by atoms with Gasteiger partial charge in [-0.15, -0.1) is 0 Å². The van der Waals surface area contributed by atoms with Gasteiger partial charge in [-0.1, -0.05) is 29.8 Å². The van der Waals surface area contributed by atoms with Crippen LogP contribution in [0.1, 0.15) is 40.9 Å². The minimum absolute atomic E-state index is 0.00184. The maximum atomic E-state index is 12.4. The van der Waals surface area contributed by atoms with E-state index < -0.39 is 0 Å². The van der Waals surface area contributed by atoms with E-state index in [1.165, 1.54) is 11.1 Å². The lowest BCUT2D eigenvalue weighted by Crippen LogP contribution is -2.39. The van der Waals surface area contributed by atoms with E-state index in [4.69, 9.17) is 0 Å². The Bertz CT molecular complexity index is 797. The van der Waals surface area contributed by atoms with Gasteiger partial charge in [0.1, 0.15) is 0 Å². The molecule has 1 N–H and O–H groups in total. The molecule has 0 unspecified atom stereocenters. The number of benzene rings is 1. The first-order valence-electron chi connectivity index (χ1n) is 9.18. The number of aliphatic hydroxyl groups excluding tert-OH is 1. The largest absolute Gasteiger partial charge is 0.393 e. The van der Waals surface area contributed by atoms with Crippen LogP contribution in [0.3, 0.4) is 0 Å². The minimum Gasteiger partial charge on any atom is -0.393 e. The molecule has 0 spiro atoms. The summed E-state index contributed by atoms with van der Waals surface area (Å²) >= 11 is 0. The van der Waals surface area contributed by atoms with Crippen molar-refractivity contribution in [3.63, 3.8) is 0 Å². The molecule has 2 heterocycles. The number of rotatable bonds is 4. The number of amides is 1. The molecule has 1 aliphatic rings. The number of aliphatic hydroxyl groups is 1. The molecule has 1 fully saturated rings. The predicted octanol–water partition coefficient (Wildman–Crippen LogP) is 2.85. The number of nitrogens with zero attached hydrogens (tertiary/aromatic N) is 3. The van der Waals surface area contributed by atoms with Gasteiger partial charge in [0.25, 0.3) is 0 Å². The second-order valence-electron chi connectivity index (χ2n) is 7.12. The van der Waals surface area contributed by atoms with Crippen LogP contribution in [0.4, 0.5) is 0 Å². The summed E-state index contributed by atoms with van der Waals surface area (Å²) < 4.78 is 1.99. The van der Waals surface area contributed by atoms with Gasteiger partial charge in [-0.05, 0) is 45.3 Å². The van der Waals surface area contributed by atoms with Crippen molar-refractivity contribution in [3.8, 4) is 0 Å². The standard InChI is InChI=1S/C21H27N3O2/c1-15-4-6-18(7-5-15)14-24-17(3)20(16(2)22-24)8-9-21(26)23-12-10-19(25)11-13-23/h4-9,19,25H,10-14H2,1-3H3/b9-8+. The predicted molar refractivity (Wildman–Crippen MR) is 103 cm³/mol. The van der Waals surface area contributed by atoms with Crippen LogP contribution < -0.4 is 0 Å². The highest BCUT2D eigenvalue weighted by Gasteiger charge is 2.19. The molecule has 0 bridgehead atoms. The van der Waals surface area contributed by atoms with E-state index in [1.54, 1.807) is 11.0 Å². The van der Waals surface area contributed by atoms with Crippen molar-refractivity contribution >= 4 is 12.0 Å². The Morgan fingerprint density at radius 1 is 1.19 bits per heavy atom. The Labute approximate surface area is 154 Å². The number of carbonyl (C=O) groups is 1. The lowest BCUT2D eigenvalue weighted by atomic mass is 10.1. The van der Waals surface area contributed by atoms with Crippen molar-refractivity contribution in [1.82, 2.24) is 14.7 Å². The van der Waals surface area contributed by atoms with E-state index in [-0.39, 0.29) is 12.0 Å². The van der Waals surface area contributed by atoms with Gasteiger partial charge in [0.15, 0.2) is 0 Å². The first-order chi connectivity index (χ1) is 12.4. The molecule has 1 amide bonds. The molecule has 3 rings (SSSR count). The summed E-state index contributed by atoms with van der Waals surface area (Å²) in [6.07, 6.45) is 4.55. The van der Waals surface area contributed by atoms with Crippen LogP contribution in [0.2, 0.25) is 0 Å². The molecule has 1 aliphatic heterocycles. The quantitative estimate of drug-likeness (QED) is 0.860.